The maximum atomic E-state index is 12.2. The van der Waals surface area contributed by atoms with Gasteiger partial charge in [-0.1, -0.05) is 6.07 Å². The summed E-state index contributed by atoms with van der Waals surface area (Å²) in [4.78, 5) is 21.9. The van der Waals surface area contributed by atoms with E-state index in [0.717, 1.165) is 51.3 Å². The van der Waals surface area contributed by atoms with Gasteiger partial charge in [0, 0.05) is 50.4 Å². The van der Waals surface area contributed by atoms with Crippen LogP contribution in [0, 0.1) is 12.8 Å². The molecule has 2 aliphatic heterocycles. The highest BCUT2D eigenvalue weighted by molar-refractivity contribution is 5.78. The minimum Gasteiger partial charge on any atom is -0.396 e. The average Bonchev–Trinajstić information content (AvgIpc) is 2.69. The minimum absolute atomic E-state index is 0.136. The van der Waals surface area contributed by atoms with Crippen LogP contribution in [0.4, 0.5) is 0 Å². The lowest BCUT2D eigenvalue weighted by Crippen LogP contribution is -2.49. The predicted octanol–water partition coefficient (Wildman–Crippen LogP) is 1.57. The lowest BCUT2D eigenvalue weighted by atomic mass is 9.92. The number of hydrogen-bond donors (Lipinski definition) is 2. The number of rotatable bonds is 7. The second-order valence-corrected chi connectivity index (χ2v) is 7.96. The zero-order valence-electron chi connectivity index (χ0n) is 16.6. The Morgan fingerprint density at radius 2 is 1.93 bits per heavy atom. The van der Waals surface area contributed by atoms with Crippen molar-refractivity contribution < 1.29 is 9.90 Å². The fourth-order valence-corrected chi connectivity index (χ4v) is 4.32. The number of aromatic nitrogens is 1. The Morgan fingerprint density at radius 3 is 2.59 bits per heavy atom. The minimum atomic E-state index is 0.136. The highest BCUT2D eigenvalue weighted by Crippen LogP contribution is 2.24. The van der Waals surface area contributed by atoms with E-state index in [0.29, 0.717) is 19.0 Å². The van der Waals surface area contributed by atoms with E-state index in [1.807, 2.05) is 13.0 Å². The average molecular weight is 375 g/mol. The van der Waals surface area contributed by atoms with Crippen LogP contribution in [0.15, 0.2) is 18.2 Å². The Balaban J connectivity index is 1.37. The first-order chi connectivity index (χ1) is 13.2. The molecule has 1 aromatic heterocycles. The molecule has 2 N–H and O–H groups in total. The summed E-state index contributed by atoms with van der Waals surface area (Å²) in [6.45, 7) is 8.03. The predicted molar refractivity (Wildman–Crippen MR) is 106 cm³/mol. The molecule has 0 saturated carbocycles. The number of hydrogen-bond acceptors (Lipinski definition) is 5. The highest BCUT2D eigenvalue weighted by Gasteiger charge is 2.30. The summed E-state index contributed by atoms with van der Waals surface area (Å²) in [6, 6.07) is 6.92. The summed E-state index contributed by atoms with van der Waals surface area (Å²) in [5.74, 6) is 0.316. The number of amides is 1. The van der Waals surface area contributed by atoms with Gasteiger partial charge in [0.05, 0.1) is 5.69 Å². The number of carbonyl (C=O) groups is 1. The Morgan fingerprint density at radius 1 is 1.19 bits per heavy atom. The molecular formula is C21H34N4O2. The van der Waals surface area contributed by atoms with Crippen molar-refractivity contribution in [2.45, 2.75) is 51.6 Å². The van der Waals surface area contributed by atoms with Gasteiger partial charge in [-0.05, 0) is 64.3 Å². The van der Waals surface area contributed by atoms with E-state index in [1.165, 1.54) is 18.5 Å². The number of piperidine rings is 2. The van der Waals surface area contributed by atoms with E-state index in [-0.39, 0.29) is 18.4 Å². The molecule has 6 nitrogen and oxygen atoms in total. The number of carbonyl (C=O) groups excluding carboxylic acids is 1. The van der Waals surface area contributed by atoms with E-state index in [4.69, 9.17) is 5.11 Å². The van der Waals surface area contributed by atoms with Gasteiger partial charge in [0.2, 0.25) is 5.91 Å². The first-order valence-electron chi connectivity index (χ1n) is 10.4. The molecule has 2 aliphatic rings. The summed E-state index contributed by atoms with van der Waals surface area (Å²) in [5.41, 5.74) is 2.26. The van der Waals surface area contributed by atoms with E-state index in [1.54, 1.807) is 0 Å². The van der Waals surface area contributed by atoms with E-state index in [2.05, 4.69) is 32.2 Å². The fraction of sp³-hybridized carbons (Fsp3) is 0.714. The first kappa shape index (κ1) is 20.2. The highest BCUT2D eigenvalue weighted by atomic mass is 16.3. The molecule has 0 bridgehead atoms. The van der Waals surface area contributed by atoms with Crippen LogP contribution in [0.3, 0.4) is 0 Å². The summed E-state index contributed by atoms with van der Waals surface area (Å²) in [5, 5.41) is 11.8. The third kappa shape index (κ3) is 5.99. The second-order valence-electron chi connectivity index (χ2n) is 7.96. The van der Waals surface area contributed by atoms with Crippen LogP contribution in [0.25, 0.3) is 0 Å². The standard InChI is InChI=1S/C21H34N4O2/c1-17-4-2-5-19(23-17)16-24-11-8-20(9-12-24)25-13-6-18(7-14-25)21(27)22-10-3-15-26/h2,4-5,18,20,26H,3,6-16H2,1H3,(H,22,27). The number of aryl methyl sites for hydroxylation is 1. The monoisotopic (exact) mass is 374 g/mol. The normalized spacial score (nSPS) is 20.7. The quantitative estimate of drug-likeness (QED) is 0.709. The van der Waals surface area contributed by atoms with Gasteiger partial charge < -0.3 is 15.3 Å². The molecule has 0 radical (unpaired) electrons. The number of aliphatic hydroxyl groups is 1. The molecule has 1 aromatic rings. The maximum absolute atomic E-state index is 12.2. The van der Waals surface area contributed by atoms with E-state index < -0.39 is 0 Å². The number of nitrogens with one attached hydrogen (secondary N) is 1. The van der Waals surface area contributed by atoms with Gasteiger partial charge >= 0.3 is 0 Å². The molecule has 2 saturated heterocycles. The Kier molecular flexibility index (Phi) is 7.61. The number of likely N-dealkylation sites (tertiary alicyclic amines) is 2. The second kappa shape index (κ2) is 10.2. The molecule has 2 fully saturated rings. The smallest absolute Gasteiger partial charge is 0.223 e. The number of pyridine rings is 1. The van der Waals surface area contributed by atoms with Crippen molar-refractivity contribution in [3.8, 4) is 0 Å². The van der Waals surface area contributed by atoms with Gasteiger partial charge in [0.25, 0.3) is 0 Å². The van der Waals surface area contributed by atoms with Crippen LogP contribution in [0.2, 0.25) is 0 Å². The molecule has 1 amide bonds. The molecule has 0 unspecified atom stereocenters. The number of nitrogens with zero attached hydrogens (tertiary/aromatic N) is 3. The van der Waals surface area contributed by atoms with Crippen LogP contribution in [-0.4, -0.2) is 71.2 Å². The van der Waals surface area contributed by atoms with Crippen molar-refractivity contribution in [1.29, 1.82) is 0 Å². The molecule has 0 spiro atoms. The van der Waals surface area contributed by atoms with Crippen molar-refractivity contribution in [2.24, 2.45) is 5.92 Å². The molecule has 27 heavy (non-hydrogen) atoms. The van der Waals surface area contributed by atoms with Crippen LogP contribution in [0.1, 0.15) is 43.5 Å². The third-order valence-corrected chi connectivity index (χ3v) is 5.94. The topological polar surface area (TPSA) is 68.7 Å². The van der Waals surface area contributed by atoms with Crippen LogP contribution < -0.4 is 5.32 Å². The van der Waals surface area contributed by atoms with Crippen LogP contribution in [0.5, 0.6) is 0 Å². The molecule has 6 heteroatoms. The van der Waals surface area contributed by atoms with Gasteiger partial charge in [0.1, 0.15) is 0 Å². The van der Waals surface area contributed by atoms with Gasteiger partial charge in [-0.2, -0.15) is 0 Å². The Labute approximate surface area is 163 Å². The van der Waals surface area contributed by atoms with Gasteiger partial charge in [-0.15, -0.1) is 0 Å². The first-order valence-corrected chi connectivity index (χ1v) is 10.4. The van der Waals surface area contributed by atoms with Gasteiger partial charge in [-0.25, -0.2) is 0 Å². The molecule has 150 valence electrons. The molecule has 3 rings (SSSR count). The van der Waals surface area contributed by atoms with Crippen molar-refractivity contribution in [3.63, 3.8) is 0 Å². The lowest BCUT2D eigenvalue weighted by molar-refractivity contribution is -0.126. The van der Waals surface area contributed by atoms with Crippen molar-refractivity contribution in [2.75, 3.05) is 39.3 Å². The van der Waals surface area contributed by atoms with Crippen molar-refractivity contribution in [3.05, 3.63) is 29.6 Å². The lowest BCUT2D eigenvalue weighted by Gasteiger charge is -2.41. The molecule has 0 aliphatic carbocycles. The van der Waals surface area contributed by atoms with Crippen molar-refractivity contribution >= 4 is 5.91 Å². The zero-order valence-corrected chi connectivity index (χ0v) is 16.6. The summed E-state index contributed by atoms with van der Waals surface area (Å²) in [6.07, 6.45) is 4.97. The molecule has 0 aromatic carbocycles. The van der Waals surface area contributed by atoms with Gasteiger partial charge in [-0.3, -0.25) is 14.7 Å². The Bertz CT molecular complexity index is 594. The molecule has 0 atom stereocenters. The van der Waals surface area contributed by atoms with Gasteiger partial charge in [0.15, 0.2) is 0 Å². The summed E-state index contributed by atoms with van der Waals surface area (Å²) >= 11 is 0. The molecular weight excluding hydrogens is 340 g/mol. The zero-order chi connectivity index (χ0) is 19.1. The number of aliphatic hydroxyl groups excluding tert-OH is 1. The fourth-order valence-electron chi connectivity index (χ4n) is 4.32. The van der Waals surface area contributed by atoms with E-state index in [9.17, 15) is 4.79 Å². The third-order valence-electron chi connectivity index (χ3n) is 5.94. The summed E-state index contributed by atoms with van der Waals surface area (Å²) < 4.78 is 0. The van der Waals surface area contributed by atoms with Crippen LogP contribution >= 0.6 is 0 Å². The van der Waals surface area contributed by atoms with Crippen molar-refractivity contribution in [1.82, 2.24) is 20.1 Å². The SMILES string of the molecule is Cc1cccc(CN2CCC(N3CCC(C(=O)NCCCO)CC3)CC2)n1. The van der Waals surface area contributed by atoms with Crippen LogP contribution in [-0.2, 0) is 11.3 Å². The largest absolute Gasteiger partial charge is 0.396 e. The summed E-state index contributed by atoms with van der Waals surface area (Å²) in [7, 11) is 0. The maximum Gasteiger partial charge on any atom is 0.223 e. The molecule has 3 heterocycles. The Hall–Kier alpha value is -1.50. The van der Waals surface area contributed by atoms with E-state index >= 15 is 0 Å².